The van der Waals surface area contributed by atoms with E-state index in [1.807, 2.05) is 25.1 Å². The van der Waals surface area contributed by atoms with Crippen molar-refractivity contribution in [1.82, 2.24) is 9.97 Å². The van der Waals surface area contributed by atoms with E-state index >= 15 is 0 Å². The van der Waals surface area contributed by atoms with Crippen molar-refractivity contribution in [2.24, 2.45) is 0 Å². The number of benzene rings is 3. The fraction of sp³-hybridized carbons (Fsp3) is 0.0769. The molecule has 0 saturated heterocycles. The van der Waals surface area contributed by atoms with Gasteiger partial charge < -0.3 is 15.0 Å². The number of halogens is 3. The minimum absolute atomic E-state index is 0.0614. The molecule has 0 unspecified atom stereocenters. The molecule has 34 heavy (non-hydrogen) atoms. The molecule has 2 N–H and O–H groups in total. The average molecular weight is 461 g/mol. The number of hydrogen-bond donors (Lipinski definition) is 2. The molecule has 0 radical (unpaired) electrons. The fourth-order valence-corrected chi connectivity index (χ4v) is 3.87. The summed E-state index contributed by atoms with van der Waals surface area (Å²) in [4.78, 5) is 20.5. The molecule has 0 aliphatic carbocycles. The van der Waals surface area contributed by atoms with E-state index in [1.165, 1.54) is 12.1 Å². The van der Waals surface area contributed by atoms with E-state index in [9.17, 15) is 18.0 Å². The van der Waals surface area contributed by atoms with Crippen LogP contribution >= 0.6 is 0 Å². The van der Waals surface area contributed by atoms with Gasteiger partial charge in [0.2, 0.25) is 0 Å². The molecule has 0 fully saturated rings. The van der Waals surface area contributed by atoms with Crippen LogP contribution in [0.4, 0.5) is 18.9 Å². The van der Waals surface area contributed by atoms with E-state index < -0.39 is 17.6 Å². The van der Waals surface area contributed by atoms with Gasteiger partial charge in [-0.15, -0.1) is 0 Å². The Labute approximate surface area is 192 Å². The van der Waals surface area contributed by atoms with E-state index in [-0.39, 0.29) is 5.69 Å². The van der Waals surface area contributed by atoms with Gasteiger partial charge in [-0.2, -0.15) is 13.2 Å². The molecule has 0 aliphatic rings. The summed E-state index contributed by atoms with van der Waals surface area (Å²) in [5.41, 5.74) is 1.04. The highest BCUT2D eigenvalue weighted by molar-refractivity contribution is 6.13. The third kappa shape index (κ3) is 4.05. The Morgan fingerprint density at radius 1 is 0.912 bits per heavy atom. The molecule has 1 amide bonds. The van der Waals surface area contributed by atoms with Crippen LogP contribution < -0.4 is 10.1 Å². The van der Waals surface area contributed by atoms with Crippen molar-refractivity contribution in [2.45, 2.75) is 13.1 Å². The van der Waals surface area contributed by atoms with Crippen LogP contribution in [0.1, 0.15) is 21.6 Å². The molecular weight excluding hydrogens is 443 g/mol. The number of nitrogens with one attached hydrogen (secondary N) is 2. The quantitative estimate of drug-likeness (QED) is 0.300. The number of carbonyl (C=O) groups excluding carboxylic acids is 1. The molecule has 0 spiro atoms. The second kappa shape index (κ2) is 8.22. The van der Waals surface area contributed by atoms with Gasteiger partial charge in [0.1, 0.15) is 17.1 Å². The van der Waals surface area contributed by atoms with Gasteiger partial charge in [0.25, 0.3) is 5.91 Å². The van der Waals surface area contributed by atoms with Crippen molar-refractivity contribution in [3.05, 3.63) is 95.8 Å². The zero-order valence-electron chi connectivity index (χ0n) is 17.9. The molecule has 0 atom stereocenters. The van der Waals surface area contributed by atoms with Crippen LogP contribution in [0.5, 0.6) is 11.5 Å². The molecule has 2 heterocycles. The maximum Gasteiger partial charge on any atom is 0.416 e. The summed E-state index contributed by atoms with van der Waals surface area (Å²) in [6, 6.07) is 18.7. The monoisotopic (exact) mass is 461 g/mol. The molecule has 0 saturated carbocycles. The van der Waals surface area contributed by atoms with Crippen molar-refractivity contribution in [3.8, 4) is 11.5 Å². The summed E-state index contributed by atoms with van der Waals surface area (Å²) in [7, 11) is 0. The maximum absolute atomic E-state index is 13.0. The lowest BCUT2D eigenvalue weighted by Gasteiger charge is -2.13. The molecule has 3 aromatic carbocycles. The molecule has 5 aromatic rings. The SMILES string of the molecule is Cc1cc(Oc2cccc3c(C(=O)Nc4cccc(C(F)(F)F)c4)cccc23)c2cc[nH]c2n1. The number of rotatable bonds is 4. The topological polar surface area (TPSA) is 67.0 Å². The standard InChI is InChI=1S/C26H18F3N3O2/c1-15-13-23(21-11-12-30-24(21)31-15)34-22-10-4-7-18-19(22)8-3-9-20(18)25(33)32-17-6-2-5-16(14-17)26(27,28)29/h2-14H,1H3,(H,30,31)(H,32,33). The first-order chi connectivity index (χ1) is 16.3. The Hall–Kier alpha value is -4.33. The first-order valence-corrected chi connectivity index (χ1v) is 10.4. The van der Waals surface area contributed by atoms with E-state index in [2.05, 4.69) is 15.3 Å². The number of amides is 1. The Kier molecular flexibility index (Phi) is 5.20. The van der Waals surface area contributed by atoms with E-state index in [4.69, 9.17) is 4.74 Å². The van der Waals surface area contributed by atoms with Gasteiger partial charge in [-0.3, -0.25) is 4.79 Å². The summed E-state index contributed by atoms with van der Waals surface area (Å²) in [5, 5.41) is 4.69. The van der Waals surface area contributed by atoms with Crippen molar-refractivity contribution in [1.29, 1.82) is 0 Å². The number of pyridine rings is 1. The highest BCUT2D eigenvalue weighted by Crippen LogP contribution is 2.35. The molecule has 5 rings (SSSR count). The van der Waals surface area contributed by atoms with E-state index in [0.29, 0.717) is 33.5 Å². The van der Waals surface area contributed by atoms with Crippen LogP contribution in [-0.2, 0) is 6.18 Å². The predicted molar refractivity (Wildman–Crippen MR) is 124 cm³/mol. The molecule has 170 valence electrons. The maximum atomic E-state index is 13.0. The van der Waals surface area contributed by atoms with E-state index in [1.54, 1.807) is 36.5 Å². The second-order valence-corrected chi connectivity index (χ2v) is 7.79. The third-order valence-electron chi connectivity index (χ3n) is 5.41. The number of aryl methyl sites for hydroxylation is 1. The van der Waals surface area contributed by atoms with Crippen LogP contribution in [-0.4, -0.2) is 15.9 Å². The molecule has 5 nitrogen and oxygen atoms in total. The predicted octanol–water partition coefficient (Wildman–Crippen LogP) is 7.09. The Morgan fingerprint density at radius 2 is 1.68 bits per heavy atom. The normalized spacial score (nSPS) is 11.6. The molecule has 8 heteroatoms. The minimum Gasteiger partial charge on any atom is -0.456 e. The number of hydrogen-bond acceptors (Lipinski definition) is 3. The zero-order chi connectivity index (χ0) is 23.9. The smallest absolute Gasteiger partial charge is 0.416 e. The second-order valence-electron chi connectivity index (χ2n) is 7.79. The number of nitrogens with zero attached hydrogens (tertiary/aromatic N) is 1. The van der Waals surface area contributed by atoms with Crippen LogP contribution in [0.25, 0.3) is 21.8 Å². The first-order valence-electron chi connectivity index (χ1n) is 10.4. The lowest BCUT2D eigenvalue weighted by Crippen LogP contribution is -2.13. The number of aromatic nitrogens is 2. The molecule has 2 aromatic heterocycles. The highest BCUT2D eigenvalue weighted by atomic mass is 19.4. The minimum atomic E-state index is -4.50. The van der Waals surface area contributed by atoms with Gasteiger partial charge in [0.05, 0.1) is 10.9 Å². The highest BCUT2D eigenvalue weighted by Gasteiger charge is 2.30. The van der Waals surface area contributed by atoms with Crippen LogP contribution in [0.3, 0.4) is 0 Å². The van der Waals surface area contributed by atoms with Gasteiger partial charge in [-0.1, -0.05) is 30.3 Å². The van der Waals surface area contributed by atoms with Crippen LogP contribution in [0.15, 0.2) is 79.0 Å². The van der Waals surface area contributed by atoms with Crippen molar-refractivity contribution in [3.63, 3.8) is 0 Å². The van der Waals surface area contributed by atoms with Gasteiger partial charge in [-0.05, 0) is 48.7 Å². The third-order valence-corrected chi connectivity index (χ3v) is 5.41. The van der Waals surface area contributed by atoms with Gasteiger partial charge >= 0.3 is 6.18 Å². The Morgan fingerprint density at radius 3 is 2.50 bits per heavy atom. The number of anilines is 1. The lowest BCUT2D eigenvalue weighted by molar-refractivity contribution is -0.137. The zero-order valence-corrected chi connectivity index (χ0v) is 17.9. The number of H-pyrrole nitrogens is 1. The Balaban J connectivity index is 1.50. The average Bonchev–Trinajstić information content (AvgIpc) is 3.27. The Bertz CT molecular complexity index is 1540. The van der Waals surface area contributed by atoms with Crippen molar-refractivity contribution in [2.75, 3.05) is 5.32 Å². The molecular formula is C26H18F3N3O2. The molecule has 0 aliphatic heterocycles. The summed E-state index contributed by atoms with van der Waals surface area (Å²) < 4.78 is 45.3. The summed E-state index contributed by atoms with van der Waals surface area (Å²) in [6.45, 7) is 1.87. The van der Waals surface area contributed by atoms with Gasteiger partial charge in [0, 0.05) is 34.6 Å². The molecule has 0 bridgehead atoms. The lowest BCUT2D eigenvalue weighted by atomic mass is 10.0. The summed E-state index contributed by atoms with van der Waals surface area (Å²) in [6.07, 6.45) is -2.72. The summed E-state index contributed by atoms with van der Waals surface area (Å²) >= 11 is 0. The van der Waals surface area contributed by atoms with Crippen molar-refractivity contribution >= 4 is 33.4 Å². The number of carbonyl (C=O) groups is 1. The van der Waals surface area contributed by atoms with Crippen molar-refractivity contribution < 1.29 is 22.7 Å². The number of ether oxygens (including phenoxy) is 1. The van der Waals surface area contributed by atoms with Gasteiger partial charge in [-0.25, -0.2) is 4.98 Å². The fourth-order valence-electron chi connectivity index (χ4n) is 3.87. The number of aromatic amines is 1. The van der Waals surface area contributed by atoms with Crippen LogP contribution in [0.2, 0.25) is 0 Å². The summed E-state index contributed by atoms with van der Waals surface area (Å²) in [5.74, 6) is 0.643. The number of fused-ring (bicyclic) bond motifs is 2. The number of alkyl halides is 3. The first kappa shape index (κ1) is 21.5. The van der Waals surface area contributed by atoms with E-state index in [0.717, 1.165) is 23.2 Å². The largest absolute Gasteiger partial charge is 0.456 e. The van der Waals surface area contributed by atoms with Gasteiger partial charge in [0.15, 0.2) is 0 Å². The van der Waals surface area contributed by atoms with Crippen LogP contribution in [0, 0.1) is 6.92 Å².